The Balaban J connectivity index is 2.27. The topological polar surface area (TPSA) is 49.4 Å². The lowest BCUT2D eigenvalue weighted by Gasteiger charge is -2.35. The van der Waals surface area contributed by atoms with Gasteiger partial charge in [-0.3, -0.25) is 15.0 Å². The summed E-state index contributed by atoms with van der Waals surface area (Å²) in [4.78, 5) is 25.4. The van der Waals surface area contributed by atoms with Gasteiger partial charge in [0.25, 0.3) is 11.8 Å². The molecule has 4 nitrogen and oxygen atoms in total. The molecule has 2 rings (SSSR count). The molecule has 0 radical (unpaired) electrons. The fraction of sp³-hybridized carbons (Fsp3) is 0.300. The fourth-order valence-corrected chi connectivity index (χ4v) is 2.30. The number of carbonyl (C=O) groups is 2. The summed E-state index contributed by atoms with van der Waals surface area (Å²) in [7, 11) is 0. The van der Waals surface area contributed by atoms with E-state index in [0.29, 0.717) is 11.1 Å². The summed E-state index contributed by atoms with van der Waals surface area (Å²) in [6.45, 7) is 9.55. The molecule has 0 fully saturated rings. The Morgan fingerprint density at radius 1 is 0.875 bits per heavy atom. The van der Waals surface area contributed by atoms with E-state index in [0.717, 1.165) is 11.1 Å². The second-order valence-electron chi connectivity index (χ2n) is 6.99. The van der Waals surface area contributed by atoms with Gasteiger partial charge in [0.15, 0.2) is 0 Å². The molecule has 2 amide bonds. The van der Waals surface area contributed by atoms with Gasteiger partial charge in [-0.05, 0) is 58.9 Å². The normalized spacial score (nSPS) is 11.0. The summed E-state index contributed by atoms with van der Waals surface area (Å²) in [5.74, 6) is -0.530. The Morgan fingerprint density at radius 3 is 2.04 bits per heavy atom. The molecule has 0 saturated heterocycles. The number of nitrogens with one attached hydrogen (secondary N) is 1. The second-order valence-corrected chi connectivity index (χ2v) is 6.99. The van der Waals surface area contributed by atoms with Crippen LogP contribution >= 0.6 is 0 Å². The molecule has 2 aromatic rings. The van der Waals surface area contributed by atoms with E-state index >= 15 is 0 Å². The van der Waals surface area contributed by atoms with Crippen LogP contribution in [0.2, 0.25) is 0 Å². The molecule has 0 aliphatic carbocycles. The number of amides is 2. The summed E-state index contributed by atoms with van der Waals surface area (Å²) in [6.07, 6.45) is 0. The maximum Gasteiger partial charge on any atom is 0.272 e. The highest BCUT2D eigenvalue weighted by atomic mass is 16.2. The van der Waals surface area contributed by atoms with Crippen LogP contribution in [-0.2, 0) is 0 Å². The predicted octanol–water partition coefficient (Wildman–Crippen LogP) is 3.89. The number of rotatable bonds is 2. The lowest BCUT2D eigenvalue weighted by Crippen LogP contribution is -2.55. The van der Waals surface area contributed by atoms with Gasteiger partial charge in [-0.15, -0.1) is 0 Å². The molecule has 0 aliphatic heterocycles. The van der Waals surface area contributed by atoms with E-state index in [1.54, 1.807) is 24.3 Å². The lowest BCUT2D eigenvalue weighted by atomic mass is 10.1. The molecule has 1 N–H and O–H groups in total. The van der Waals surface area contributed by atoms with Crippen molar-refractivity contribution in [1.82, 2.24) is 10.4 Å². The van der Waals surface area contributed by atoms with Gasteiger partial charge < -0.3 is 0 Å². The van der Waals surface area contributed by atoms with Crippen molar-refractivity contribution in [2.45, 2.75) is 40.2 Å². The molecule has 0 atom stereocenters. The van der Waals surface area contributed by atoms with Crippen LogP contribution in [0.25, 0.3) is 0 Å². The zero-order valence-electron chi connectivity index (χ0n) is 14.9. The van der Waals surface area contributed by atoms with Crippen LogP contribution in [0.5, 0.6) is 0 Å². The van der Waals surface area contributed by atoms with E-state index in [4.69, 9.17) is 0 Å². The Labute approximate surface area is 143 Å². The highest BCUT2D eigenvalue weighted by molar-refractivity contribution is 5.99. The standard InChI is InChI=1S/C20H24N2O2/c1-14-9-11-16(12-10-14)19(24)22(20(3,4)5)21-18(23)17-8-6-7-15(2)13-17/h6-13H,1-5H3,(H,21,23). The largest absolute Gasteiger partial charge is 0.272 e. The molecule has 0 heterocycles. The van der Waals surface area contributed by atoms with Gasteiger partial charge in [0.1, 0.15) is 0 Å². The van der Waals surface area contributed by atoms with Crippen LogP contribution in [0.4, 0.5) is 0 Å². The first-order valence-electron chi connectivity index (χ1n) is 7.97. The third-order valence-electron chi connectivity index (χ3n) is 3.67. The zero-order valence-corrected chi connectivity index (χ0v) is 14.9. The molecule has 0 bridgehead atoms. The quantitative estimate of drug-likeness (QED) is 0.852. The Kier molecular flexibility index (Phi) is 5.07. The van der Waals surface area contributed by atoms with Crippen LogP contribution in [0.1, 0.15) is 52.6 Å². The summed E-state index contributed by atoms with van der Waals surface area (Å²) < 4.78 is 0. The molecule has 0 saturated carbocycles. The Bertz CT molecular complexity index is 743. The van der Waals surface area contributed by atoms with Gasteiger partial charge in [0, 0.05) is 11.1 Å². The number of benzene rings is 2. The zero-order chi connectivity index (χ0) is 17.9. The van der Waals surface area contributed by atoms with Gasteiger partial charge >= 0.3 is 0 Å². The summed E-state index contributed by atoms with van der Waals surface area (Å²) in [5, 5.41) is 1.39. The first-order chi connectivity index (χ1) is 11.2. The van der Waals surface area contributed by atoms with E-state index in [1.807, 2.05) is 58.9 Å². The monoisotopic (exact) mass is 324 g/mol. The molecule has 24 heavy (non-hydrogen) atoms. The number of hydrogen-bond acceptors (Lipinski definition) is 2. The van der Waals surface area contributed by atoms with E-state index in [1.165, 1.54) is 5.01 Å². The molecule has 126 valence electrons. The predicted molar refractivity (Wildman–Crippen MR) is 95.7 cm³/mol. The average molecular weight is 324 g/mol. The summed E-state index contributed by atoms with van der Waals surface area (Å²) >= 11 is 0. The maximum atomic E-state index is 12.8. The number of hydrazine groups is 1. The van der Waals surface area contributed by atoms with Crippen LogP contribution < -0.4 is 5.43 Å². The highest BCUT2D eigenvalue weighted by Gasteiger charge is 2.29. The lowest BCUT2D eigenvalue weighted by molar-refractivity contribution is 0.0358. The highest BCUT2D eigenvalue weighted by Crippen LogP contribution is 2.16. The van der Waals surface area contributed by atoms with Crippen LogP contribution in [-0.4, -0.2) is 22.4 Å². The van der Waals surface area contributed by atoms with Crippen molar-refractivity contribution in [3.05, 3.63) is 70.8 Å². The summed E-state index contributed by atoms with van der Waals surface area (Å²) in [6, 6.07) is 14.6. The Morgan fingerprint density at radius 2 is 1.50 bits per heavy atom. The van der Waals surface area contributed by atoms with Crippen molar-refractivity contribution in [1.29, 1.82) is 0 Å². The average Bonchev–Trinajstić information content (AvgIpc) is 2.51. The second kappa shape index (κ2) is 6.87. The fourth-order valence-electron chi connectivity index (χ4n) is 2.30. The number of carbonyl (C=O) groups excluding carboxylic acids is 2. The van der Waals surface area contributed by atoms with Gasteiger partial charge in [0.2, 0.25) is 0 Å². The smallest absolute Gasteiger partial charge is 0.267 e. The number of aryl methyl sites for hydroxylation is 2. The maximum absolute atomic E-state index is 12.8. The van der Waals surface area contributed by atoms with Gasteiger partial charge in [-0.2, -0.15) is 0 Å². The van der Waals surface area contributed by atoms with Crippen molar-refractivity contribution >= 4 is 11.8 Å². The minimum atomic E-state index is -0.554. The van der Waals surface area contributed by atoms with Gasteiger partial charge in [-0.25, -0.2) is 5.01 Å². The summed E-state index contributed by atoms with van der Waals surface area (Å²) in [5.41, 5.74) is 5.35. The van der Waals surface area contributed by atoms with Crippen molar-refractivity contribution in [2.75, 3.05) is 0 Å². The minimum Gasteiger partial charge on any atom is -0.267 e. The third kappa shape index (κ3) is 4.22. The molecule has 0 unspecified atom stereocenters. The molecule has 4 heteroatoms. The molecular weight excluding hydrogens is 300 g/mol. The van der Waals surface area contributed by atoms with Crippen molar-refractivity contribution in [2.24, 2.45) is 0 Å². The van der Waals surface area contributed by atoms with Crippen LogP contribution in [0.15, 0.2) is 48.5 Å². The first kappa shape index (κ1) is 17.7. The molecule has 0 aromatic heterocycles. The minimum absolute atomic E-state index is 0.233. The first-order valence-corrected chi connectivity index (χ1v) is 7.97. The van der Waals surface area contributed by atoms with Crippen LogP contribution in [0.3, 0.4) is 0 Å². The van der Waals surface area contributed by atoms with E-state index in [9.17, 15) is 9.59 Å². The van der Waals surface area contributed by atoms with Crippen LogP contribution in [0, 0.1) is 13.8 Å². The van der Waals surface area contributed by atoms with Crippen molar-refractivity contribution in [3.8, 4) is 0 Å². The number of hydrogen-bond donors (Lipinski definition) is 1. The molecule has 2 aromatic carbocycles. The van der Waals surface area contributed by atoms with E-state index in [-0.39, 0.29) is 11.8 Å². The van der Waals surface area contributed by atoms with E-state index < -0.39 is 5.54 Å². The Hall–Kier alpha value is -2.62. The van der Waals surface area contributed by atoms with Gasteiger partial charge in [0.05, 0.1) is 5.54 Å². The van der Waals surface area contributed by atoms with Crippen molar-refractivity contribution < 1.29 is 9.59 Å². The van der Waals surface area contributed by atoms with Gasteiger partial charge in [-0.1, -0.05) is 35.4 Å². The molecule has 0 aliphatic rings. The number of nitrogens with zero attached hydrogens (tertiary/aromatic N) is 1. The van der Waals surface area contributed by atoms with Crippen molar-refractivity contribution in [3.63, 3.8) is 0 Å². The van der Waals surface area contributed by atoms with E-state index in [2.05, 4.69) is 5.43 Å². The third-order valence-corrected chi connectivity index (χ3v) is 3.67. The molecule has 0 spiro atoms. The molecular formula is C20H24N2O2. The SMILES string of the molecule is Cc1ccc(C(=O)N(NC(=O)c2cccc(C)c2)C(C)(C)C)cc1.